The standard InChI is InChI=1S/C22H28N4O7/c1-22(19(28)25-11-14-6-2-3-7-15(14)12-25)17(18(27)23-32)10-16(13-26(22)20(29)30)33-21(31)24-8-4-5-9-24/h2-3,6-7,16-17,32H,4-5,8-13H2,1H3,(H,23,27)(H,29,30)/t16-,17+,22-/m0/s1. The van der Waals surface area contributed by atoms with Crippen LogP contribution in [0.3, 0.4) is 0 Å². The molecule has 3 atom stereocenters. The zero-order chi connectivity index (χ0) is 23.8. The zero-order valence-electron chi connectivity index (χ0n) is 18.4. The van der Waals surface area contributed by atoms with E-state index in [9.17, 15) is 29.5 Å². The van der Waals surface area contributed by atoms with Crippen molar-refractivity contribution in [2.75, 3.05) is 19.6 Å². The second-order valence-electron chi connectivity index (χ2n) is 8.93. The molecule has 2 saturated heterocycles. The van der Waals surface area contributed by atoms with Crippen LogP contribution in [0.25, 0.3) is 0 Å². The minimum Gasteiger partial charge on any atom is -0.465 e. The van der Waals surface area contributed by atoms with E-state index in [0.717, 1.165) is 28.9 Å². The van der Waals surface area contributed by atoms with Crippen molar-refractivity contribution in [2.24, 2.45) is 5.92 Å². The molecule has 3 N–H and O–H groups in total. The van der Waals surface area contributed by atoms with E-state index < -0.39 is 41.6 Å². The number of carbonyl (C=O) groups is 4. The molecule has 0 radical (unpaired) electrons. The van der Waals surface area contributed by atoms with Crippen molar-refractivity contribution in [1.82, 2.24) is 20.2 Å². The predicted molar refractivity (Wildman–Crippen MR) is 113 cm³/mol. The van der Waals surface area contributed by atoms with Crippen molar-refractivity contribution in [3.63, 3.8) is 0 Å². The van der Waals surface area contributed by atoms with Gasteiger partial charge in [0.05, 0.1) is 12.5 Å². The molecule has 4 rings (SSSR count). The number of hydrogen-bond donors (Lipinski definition) is 3. The SMILES string of the molecule is C[C@@]1(C(=O)N2Cc3ccccc3C2)[C@@H](C(=O)NO)C[C@H](OC(=O)N2CCCC2)CN1C(=O)O. The highest BCUT2D eigenvalue weighted by Crippen LogP contribution is 2.39. The number of benzene rings is 1. The number of carboxylic acid groups (broad SMARTS) is 1. The lowest BCUT2D eigenvalue weighted by atomic mass is 9.75. The second-order valence-corrected chi connectivity index (χ2v) is 8.93. The van der Waals surface area contributed by atoms with E-state index in [-0.39, 0.29) is 13.0 Å². The third-order valence-electron chi connectivity index (χ3n) is 6.97. The first-order valence-electron chi connectivity index (χ1n) is 11.0. The lowest BCUT2D eigenvalue weighted by Gasteiger charge is -2.49. The largest absolute Gasteiger partial charge is 0.465 e. The van der Waals surface area contributed by atoms with Crippen LogP contribution in [0.2, 0.25) is 0 Å². The lowest BCUT2D eigenvalue weighted by Crippen LogP contribution is -2.70. The van der Waals surface area contributed by atoms with Crippen LogP contribution in [0.1, 0.15) is 37.3 Å². The number of hydroxylamine groups is 1. The fourth-order valence-electron chi connectivity index (χ4n) is 5.13. The molecule has 0 aromatic heterocycles. The van der Waals surface area contributed by atoms with E-state index in [4.69, 9.17) is 4.74 Å². The maximum atomic E-state index is 13.7. The summed E-state index contributed by atoms with van der Waals surface area (Å²) in [6, 6.07) is 7.51. The molecule has 0 aliphatic carbocycles. The van der Waals surface area contributed by atoms with Gasteiger partial charge in [-0.05, 0) is 30.9 Å². The maximum Gasteiger partial charge on any atom is 0.410 e. The summed E-state index contributed by atoms with van der Waals surface area (Å²) in [4.78, 5) is 55.0. The van der Waals surface area contributed by atoms with Crippen LogP contribution in [-0.2, 0) is 27.4 Å². The number of likely N-dealkylation sites (tertiary alicyclic amines) is 2. The van der Waals surface area contributed by atoms with E-state index in [1.807, 2.05) is 24.3 Å². The summed E-state index contributed by atoms with van der Waals surface area (Å²) >= 11 is 0. The Morgan fingerprint density at radius 1 is 1.06 bits per heavy atom. The van der Waals surface area contributed by atoms with Gasteiger partial charge in [-0.25, -0.2) is 15.1 Å². The Morgan fingerprint density at radius 3 is 2.21 bits per heavy atom. The summed E-state index contributed by atoms with van der Waals surface area (Å²) in [7, 11) is 0. The number of nitrogens with one attached hydrogen (secondary N) is 1. The first kappa shape index (κ1) is 22.8. The maximum absolute atomic E-state index is 13.7. The summed E-state index contributed by atoms with van der Waals surface area (Å²) in [5.41, 5.74) is 1.67. The van der Waals surface area contributed by atoms with Crippen molar-refractivity contribution in [1.29, 1.82) is 0 Å². The molecule has 1 aromatic rings. The summed E-state index contributed by atoms with van der Waals surface area (Å²) < 4.78 is 5.53. The number of fused-ring (bicyclic) bond motifs is 1. The fraction of sp³-hybridized carbons (Fsp3) is 0.545. The molecule has 0 saturated carbocycles. The van der Waals surface area contributed by atoms with E-state index in [0.29, 0.717) is 26.2 Å². The lowest BCUT2D eigenvalue weighted by molar-refractivity contribution is -0.162. The van der Waals surface area contributed by atoms with Gasteiger partial charge in [0.2, 0.25) is 11.8 Å². The Labute approximate surface area is 190 Å². The number of amides is 4. The average Bonchev–Trinajstić information content (AvgIpc) is 3.48. The zero-order valence-corrected chi connectivity index (χ0v) is 18.4. The van der Waals surface area contributed by atoms with E-state index >= 15 is 0 Å². The van der Waals surface area contributed by atoms with Gasteiger partial charge in [0, 0.05) is 32.6 Å². The average molecular weight is 460 g/mol. The molecule has 0 bridgehead atoms. The highest BCUT2D eigenvalue weighted by Gasteiger charge is 2.58. The Kier molecular flexibility index (Phi) is 6.15. The molecule has 1 aromatic carbocycles. The number of rotatable bonds is 3. The number of nitrogens with zero attached hydrogens (tertiary/aromatic N) is 3. The van der Waals surface area contributed by atoms with E-state index in [1.54, 1.807) is 5.48 Å². The molecule has 3 heterocycles. The van der Waals surface area contributed by atoms with Gasteiger partial charge in [-0.1, -0.05) is 24.3 Å². The van der Waals surface area contributed by atoms with Crippen LogP contribution in [-0.4, -0.2) is 80.3 Å². The van der Waals surface area contributed by atoms with E-state index in [1.165, 1.54) is 16.7 Å². The van der Waals surface area contributed by atoms with Crippen molar-refractivity contribution in [3.8, 4) is 0 Å². The van der Waals surface area contributed by atoms with Gasteiger partial charge in [0.1, 0.15) is 11.6 Å². The molecule has 4 amide bonds. The molecule has 2 fully saturated rings. The normalized spacial score (nSPS) is 26.7. The summed E-state index contributed by atoms with van der Waals surface area (Å²) in [5.74, 6) is -2.71. The van der Waals surface area contributed by atoms with Gasteiger partial charge >= 0.3 is 12.2 Å². The minimum atomic E-state index is -1.79. The highest BCUT2D eigenvalue weighted by molar-refractivity contribution is 5.96. The molecule has 0 spiro atoms. The second kappa shape index (κ2) is 8.89. The van der Waals surface area contributed by atoms with E-state index in [2.05, 4.69) is 0 Å². The topological polar surface area (TPSA) is 140 Å². The Hall–Kier alpha value is -3.34. The monoisotopic (exact) mass is 460 g/mol. The first-order chi connectivity index (χ1) is 15.8. The molecule has 33 heavy (non-hydrogen) atoms. The molecule has 11 nitrogen and oxygen atoms in total. The van der Waals surface area contributed by atoms with Crippen molar-refractivity contribution < 1.29 is 34.2 Å². The van der Waals surface area contributed by atoms with Crippen molar-refractivity contribution in [3.05, 3.63) is 35.4 Å². The molecule has 178 valence electrons. The first-order valence-corrected chi connectivity index (χ1v) is 11.0. The quantitative estimate of drug-likeness (QED) is 0.457. The molecular weight excluding hydrogens is 432 g/mol. The Morgan fingerprint density at radius 2 is 1.67 bits per heavy atom. The molecular formula is C22H28N4O7. The Balaban J connectivity index is 1.61. The Bertz CT molecular complexity index is 939. The van der Waals surface area contributed by atoms with Gasteiger partial charge in [-0.15, -0.1) is 0 Å². The molecule has 3 aliphatic heterocycles. The predicted octanol–water partition coefficient (Wildman–Crippen LogP) is 1.39. The third kappa shape index (κ3) is 4.08. The number of piperidine rings is 1. The van der Waals surface area contributed by atoms with Crippen LogP contribution in [0.4, 0.5) is 9.59 Å². The van der Waals surface area contributed by atoms with Crippen LogP contribution < -0.4 is 5.48 Å². The fourth-order valence-corrected chi connectivity index (χ4v) is 5.13. The van der Waals surface area contributed by atoms with Crippen LogP contribution >= 0.6 is 0 Å². The van der Waals surface area contributed by atoms with Gasteiger partial charge in [-0.3, -0.25) is 19.7 Å². The highest BCUT2D eigenvalue weighted by atomic mass is 16.6. The summed E-state index contributed by atoms with van der Waals surface area (Å²) in [6.45, 7) is 2.83. The number of hydrogen-bond acceptors (Lipinski definition) is 6. The molecule has 11 heteroatoms. The van der Waals surface area contributed by atoms with Gasteiger partial charge < -0.3 is 19.6 Å². The van der Waals surface area contributed by atoms with Crippen molar-refractivity contribution in [2.45, 2.75) is 50.9 Å². The van der Waals surface area contributed by atoms with Gasteiger partial charge in [0.15, 0.2) is 0 Å². The van der Waals surface area contributed by atoms with Crippen LogP contribution in [0.15, 0.2) is 24.3 Å². The third-order valence-corrected chi connectivity index (χ3v) is 6.97. The van der Waals surface area contributed by atoms with Crippen molar-refractivity contribution >= 4 is 24.0 Å². The smallest absolute Gasteiger partial charge is 0.410 e. The van der Waals surface area contributed by atoms with Crippen LogP contribution in [0, 0.1) is 5.92 Å². The summed E-state index contributed by atoms with van der Waals surface area (Å²) in [5, 5.41) is 19.4. The molecule has 0 unspecified atom stereocenters. The van der Waals surface area contributed by atoms with Gasteiger partial charge in [0.25, 0.3) is 0 Å². The summed E-state index contributed by atoms with van der Waals surface area (Å²) in [6.07, 6.45) is -1.30. The number of ether oxygens (including phenoxy) is 1. The van der Waals surface area contributed by atoms with Gasteiger partial charge in [-0.2, -0.15) is 0 Å². The number of carbonyl (C=O) groups excluding carboxylic acids is 3. The van der Waals surface area contributed by atoms with Crippen LogP contribution in [0.5, 0.6) is 0 Å². The molecule has 3 aliphatic rings. The minimum absolute atomic E-state index is 0.0984.